The predicted octanol–water partition coefficient (Wildman–Crippen LogP) is 2.52. The van der Waals surface area contributed by atoms with E-state index in [1.54, 1.807) is 6.20 Å². The summed E-state index contributed by atoms with van der Waals surface area (Å²) in [6.07, 6.45) is 5.02. The van der Waals surface area contributed by atoms with Gasteiger partial charge in [0.15, 0.2) is 5.82 Å². The molecule has 0 saturated carbocycles. The lowest BCUT2D eigenvalue weighted by Gasteiger charge is -2.31. The summed E-state index contributed by atoms with van der Waals surface area (Å²) in [7, 11) is 1.42. The molecular weight excluding hydrogens is 382 g/mol. The van der Waals surface area contributed by atoms with Gasteiger partial charge in [-0.05, 0) is 37.5 Å². The van der Waals surface area contributed by atoms with Gasteiger partial charge in [-0.2, -0.15) is 0 Å². The van der Waals surface area contributed by atoms with E-state index in [4.69, 9.17) is 4.74 Å². The largest absolute Gasteiger partial charge is 0.468 e. The average molecular weight is 407 g/mol. The van der Waals surface area contributed by atoms with Crippen molar-refractivity contribution in [2.75, 3.05) is 37.4 Å². The van der Waals surface area contributed by atoms with Crippen LogP contribution < -0.4 is 10.6 Å². The minimum Gasteiger partial charge on any atom is -0.468 e. The first-order chi connectivity index (χ1) is 14.6. The van der Waals surface area contributed by atoms with Crippen molar-refractivity contribution >= 4 is 34.5 Å². The van der Waals surface area contributed by atoms with E-state index < -0.39 is 0 Å². The van der Waals surface area contributed by atoms with Crippen molar-refractivity contribution < 1.29 is 9.53 Å². The number of hydrogen-bond acceptors (Lipinski definition) is 9. The van der Waals surface area contributed by atoms with Crippen molar-refractivity contribution in [1.82, 2.24) is 24.8 Å². The zero-order valence-corrected chi connectivity index (χ0v) is 17.1. The molecule has 0 unspecified atom stereocenters. The number of likely N-dealkylation sites (tertiary alicyclic amines) is 1. The molecule has 156 valence electrons. The monoisotopic (exact) mass is 407 g/mol. The third kappa shape index (κ3) is 4.80. The van der Waals surface area contributed by atoms with E-state index in [1.807, 2.05) is 25.1 Å². The molecule has 0 radical (unpaired) electrons. The van der Waals surface area contributed by atoms with Crippen molar-refractivity contribution in [3.63, 3.8) is 0 Å². The molecule has 2 aromatic heterocycles. The number of nitrogens with zero attached hydrogens (tertiary/aromatic N) is 5. The molecule has 0 aliphatic carbocycles. The number of aromatic nitrogens is 4. The summed E-state index contributed by atoms with van der Waals surface area (Å²) in [5, 5.41) is 6.74. The highest BCUT2D eigenvalue weighted by Crippen LogP contribution is 2.23. The van der Waals surface area contributed by atoms with Gasteiger partial charge in [0.05, 0.1) is 19.9 Å². The molecule has 1 saturated heterocycles. The number of nitrogens with one attached hydrogen (secondary N) is 2. The first-order valence-corrected chi connectivity index (χ1v) is 9.98. The predicted molar refractivity (Wildman–Crippen MR) is 115 cm³/mol. The second kappa shape index (κ2) is 9.00. The summed E-state index contributed by atoms with van der Waals surface area (Å²) in [5.41, 5.74) is 3.45. The highest BCUT2D eigenvalue weighted by atomic mass is 16.5. The maximum Gasteiger partial charge on any atom is 0.319 e. The number of rotatable bonds is 6. The van der Waals surface area contributed by atoms with Gasteiger partial charge in [-0.15, -0.1) is 0 Å². The number of anilines is 3. The normalized spacial score (nSPS) is 15.1. The van der Waals surface area contributed by atoms with Crippen LogP contribution in [0.25, 0.3) is 11.0 Å². The van der Waals surface area contributed by atoms with Crippen LogP contribution in [-0.4, -0.2) is 63.6 Å². The summed E-state index contributed by atoms with van der Waals surface area (Å²) in [5.74, 6) is 0.993. The second-order valence-electron chi connectivity index (χ2n) is 7.42. The third-order valence-corrected chi connectivity index (χ3v) is 5.16. The molecule has 0 spiro atoms. The Morgan fingerprint density at radius 1 is 1.23 bits per heavy atom. The average Bonchev–Trinajstić information content (AvgIpc) is 2.75. The minimum absolute atomic E-state index is 0.201. The van der Waals surface area contributed by atoms with Gasteiger partial charge in [-0.3, -0.25) is 9.69 Å². The standard InChI is InChI=1S/C21H25N7O2/c1-14-4-3-5-16(10-14)25-20-19-17(23-13-24-20)11-22-21(27-19)26-15-6-8-28(9-7-15)12-18(29)30-2/h3-5,10-11,13,15H,6-9,12H2,1-2H3,(H,22,26,27)(H,23,24,25). The molecule has 30 heavy (non-hydrogen) atoms. The smallest absolute Gasteiger partial charge is 0.319 e. The molecular formula is C21H25N7O2. The second-order valence-corrected chi connectivity index (χ2v) is 7.42. The van der Waals surface area contributed by atoms with Gasteiger partial charge in [0.2, 0.25) is 5.95 Å². The van der Waals surface area contributed by atoms with Gasteiger partial charge in [0.25, 0.3) is 0 Å². The Morgan fingerprint density at radius 3 is 2.83 bits per heavy atom. The number of carbonyl (C=O) groups excluding carboxylic acids is 1. The molecule has 0 amide bonds. The van der Waals surface area contributed by atoms with Crippen LogP contribution >= 0.6 is 0 Å². The van der Waals surface area contributed by atoms with E-state index in [1.165, 1.54) is 13.4 Å². The topological polar surface area (TPSA) is 105 Å². The van der Waals surface area contributed by atoms with Crippen molar-refractivity contribution in [2.45, 2.75) is 25.8 Å². The lowest BCUT2D eigenvalue weighted by molar-refractivity contribution is -0.142. The number of carbonyl (C=O) groups is 1. The number of piperidine rings is 1. The number of hydrogen-bond donors (Lipinski definition) is 2. The van der Waals surface area contributed by atoms with Crippen molar-refractivity contribution in [2.24, 2.45) is 0 Å². The van der Waals surface area contributed by atoms with Gasteiger partial charge < -0.3 is 15.4 Å². The zero-order chi connectivity index (χ0) is 20.9. The van der Waals surface area contributed by atoms with Crippen molar-refractivity contribution in [1.29, 1.82) is 0 Å². The molecule has 0 atom stereocenters. The Balaban J connectivity index is 1.46. The van der Waals surface area contributed by atoms with Gasteiger partial charge in [0.1, 0.15) is 17.4 Å². The first-order valence-electron chi connectivity index (χ1n) is 9.98. The van der Waals surface area contributed by atoms with Crippen LogP contribution in [0.5, 0.6) is 0 Å². The number of fused-ring (bicyclic) bond motifs is 1. The van der Waals surface area contributed by atoms with Crippen LogP contribution in [0.3, 0.4) is 0 Å². The van der Waals surface area contributed by atoms with Crippen LogP contribution in [0, 0.1) is 6.92 Å². The first kappa shape index (κ1) is 20.0. The van der Waals surface area contributed by atoms with Crippen LogP contribution in [0.15, 0.2) is 36.8 Å². The van der Waals surface area contributed by atoms with Gasteiger partial charge in [0, 0.05) is 24.8 Å². The van der Waals surface area contributed by atoms with Crippen LogP contribution in [0.2, 0.25) is 0 Å². The third-order valence-electron chi connectivity index (χ3n) is 5.16. The molecule has 9 heteroatoms. The summed E-state index contributed by atoms with van der Waals surface area (Å²) in [6, 6.07) is 8.33. The molecule has 3 aromatic rings. The van der Waals surface area contributed by atoms with E-state index in [2.05, 4.69) is 41.5 Å². The van der Waals surface area contributed by atoms with Crippen molar-refractivity contribution in [3.8, 4) is 0 Å². The van der Waals surface area contributed by atoms with Crippen LogP contribution in [0.4, 0.5) is 17.5 Å². The maximum atomic E-state index is 11.4. The molecule has 0 bridgehead atoms. The SMILES string of the molecule is COC(=O)CN1CCC(Nc2ncc3ncnc(Nc4cccc(C)c4)c3n2)CC1. The van der Waals surface area contributed by atoms with E-state index in [0.717, 1.165) is 37.2 Å². The molecule has 4 rings (SSSR count). The van der Waals surface area contributed by atoms with Gasteiger partial charge in [-0.25, -0.2) is 19.9 Å². The Hall–Kier alpha value is -3.33. The highest BCUT2D eigenvalue weighted by molar-refractivity contribution is 5.87. The molecule has 1 aliphatic heterocycles. The minimum atomic E-state index is -0.201. The highest BCUT2D eigenvalue weighted by Gasteiger charge is 2.22. The fraction of sp³-hybridized carbons (Fsp3) is 0.381. The Kier molecular flexibility index (Phi) is 5.99. The number of methoxy groups -OCH3 is 1. The van der Waals surface area contributed by atoms with Crippen molar-refractivity contribution in [3.05, 3.63) is 42.4 Å². The molecule has 3 heterocycles. The fourth-order valence-corrected chi connectivity index (χ4v) is 3.54. The summed E-state index contributed by atoms with van der Waals surface area (Å²) >= 11 is 0. The summed E-state index contributed by atoms with van der Waals surface area (Å²) in [4.78, 5) is 31.3. The van der Waals surface area contributed by atoms with E-state index in [0.29, 0.717) is 29.3 Å². The Morgan fingerprint density at radius 2 is 2.07 bits per heavy atom. The number of ether oxygens (including phenoxy) is 1. The maximum absolute atomic E-state index is 11.4. The number of esters is 1. The quantitative estimate of drug-likeness (QED) is 0.596. The van der Waals surface area contributed by atoms with E-state index in [-0.39, 0.29) is 12.0 Å². The van der Waals surface area contributed by atoms with Gasteiger partial charge in [-0.1, -0.05) is 12.1 Å². The molecule has 1 fully saturated rings. The Bertz CT molecular complexity index is 1030. The summed E-state index contributed by atoms with van der Waals surface area (Å²) in [6.45, 7) is 4.03. The van der Waals surface area contributed by atoms with Crippen LogP contribution in [0.1, 0.15) is 18.4 Å². The number of aryl methyl sites for hydroxylation is 1. The molecule has 1 aliphatic rings. The van der Waals surface area contributed by atoms with Gasteiger partial charge >= 0.3 is 5.97 Å². The fourth-order valence-electron chi connectivity index (χ4n) is 3.54. The molecule has 1 aromatic carbocycles. The zero-order valence-electron chi connectivity index (χ0n) is 17.1. The molecule has 2 N–H and O–H groups in total. The number of benzene rings is 1. The Labute approximate surface area is 174 Å². The lowest BCUT2D eigenvalue weighted by Crippen LogP contribution is -2.41. The molecule has 9 nitrogen and oxygen atoms in total. The van der Waals surface area contributed by atoms with Crippen LogP contribution in [-0.2, 0) is 9.53 Å². The lowest BCUT2D eigenvalue weighted by atomic mass is 10.1. The van der Waals surface area contributed by atoms with E-state index >= 15 is 0 Å². The van der Waals surface area contributed by atoms with E-state index in [9.17, 15) is 4.79 Å². The summed E-state index contributed by atoms with van der Waals surface area (Å²) < 4.78 is 4.74.